The Bertz CT molecular complexity index is 634. The molecule has 0 saturated carbocycles. The van der Waals surface area contributed by atoms with E-state index in [2.05, 4.69) is 10.3 Å². The second-order valence-electron chi connectivity index (χ2n) is 3.50. The minimum absolute atomic E-state index is 0.0718. The van der Waals surface area contributed by atoms with Gasteiger partial charge in [0.25, 0.3) is 0 Å². The van der Waals surface area contributed by atoms with Crippen LogP contribution in [-0.4, -0.2) is 4.98 Å². The van der Waals surface area contributed by atoms with Gasteiger partial charge in [-0.05, 0) is 24.3 Å². The molecule has 0 amide bonds. The third kappa shape index (κ3) is 2.35. The maximum Gasteiger partial charge on any atom is 0.165 e. The predicted octanol–water partition coefficient (Wildman–Crippen LogP) is 2.56. The highest BCUT2D eigenvalue weighted by atomic mass is 19.2. The summed E-state index contributed by atoms with van der Waals surface area (Å²) in [5, 5.41) is 11.5. The van der Waals surface area contributed by atoms with Crippen molar-refractivity contribution in [1.29, 1.82) is 5.26 Å². The third-order valence-corrected chi connectivity index (χ3v) is 2.22. The number of hydrogen-bond acceptors (Lipinski definition) is 4. The number of anilines is 3. The summed E-state index contributed by atoms with van der Waals surface area (Å²) in [7, 11) is 0. The number of nitrogens with zero attached hydrogens (tertiary/aromatic N) is 2. The zero-order valence-corrected chi connectivity index (χ0v) is 9.11. The fourth-order valence-electron chi connectivity index (χ4n) is 1.35. The quantitative estimate of drug-likeness (QED) is 0.853. The van der Waals surface area contributed by atoms with E-state index in [1.54, 1.807) is 0 Å². The number of nitrogen functional groups attached to an aromatic ring is 1. The van der Waals surface area contributed by atoms with Gasteiger partial charge in [-0.2, -0.15) is 5.26 Å². The molecule has 0 atom stereocenters. The molecular formula is C12H8F2N4. The summed E-state index contributed by atoms with van der Waals surface area (Å²) in [6, 6.07) is 8.24. The van der Waals surface area contributed by atoms with E-state index in [9.17, 15) is 8.78 Å². The summed E-state index contributed by atoms with van der Waals surface area (Å²) in [6.07, 6.45) is 0. The molecule has 0 bridgehead atoms. The van der Waals surface area contributed by atoms with Crippen LogP contribution in [0.1, 0.15) is 5.69 Å². The molecule has 4 nitrogen and oxygen atoms in total. The van der Waals surface area contributed by atoms with Gasteiger partial charge in [0.05, 0.1) is 5.69 Å². The van der Waals surface area contributed by atoms with Crippen molar-refractivity contribution < 1.29 is 8.78 Å². The van der Waals surface area contributed by atoms with Crippen LogP contribution < -0.4 is 11.1 Å². The zero-order chi connectivity index (χ0) is 13.1. The van der Waals surface area contributed by atoms with Crippen molar-refractivity contribution in [3.8, 4) is 6.07 Å². The zero-order valence-electron chi connectivity index (χ0n) is 9.11. The van der Waals surface area contributed by atoms with Crippen molar-refractivity contribution in [2.45, 2.75) is 0 Å². The van der Waals surface area contributed by atoms with E-state index in [0.29, 0.717) is 11.5 Å². The van der Waals surface area contributed by atoms with Crippen molar-refractivity contribution in [3.63, 3.8) is 0 Å². The van der Waals surface area contributed by atoms with Crippen molar-refractivity contribution in [1.82, 2.24) is 4.98 Å². The number of pyridine rings is 1. The number of benzene rings is 1. The van der Waals surface area contributed by atoms with Gasteiger partial charge in [0, 0.05) is 11.8 Å². The van der Waals surface area contributed by atoms with E-state index in [-0.39, 0.29) is 11.4 Å². The second-order valence-corrected chi connectivity index (χ2v) is 3.50. The molecule has 3 N–H and O–H groups in total. The van der Waals surface area contributed by atoms with Crippen molar-refractivity contribution in [2.75, 3.05) is 11.1 Å². The maximum absolute atomic E-state index is 13.0. The fraction of sp³-hybridized carbons (Fsp3) is 0. The lowest BCUT2D eigenvalue weighted by molar-refractivity contribution is 0.509. The highest BCUT2D eigenvalue weighted by Crippen LogP contribution is 2.19. The maximum atomic E-state index is 13.0. The van der Waals surface area contributed by atoms with Crippen LogP contribution >= 0.6 is 0 Å². The molecule has 6 heteroatoms. The molecule has 0 saturated heterocycles. The predicted molar refractivity (Wildman–Crippen MR) is 63.0 cm³/mol. The molecular weight excluding hydrogens is 238 g/mol. The van der Waals surface area contributed by atoms with E-state index in [1.165, 1.54) is 18.2 Å². The molecule has 0 aliphatic heterocycles. The van der Waals surface area contributed by atoms with Gasteiger partial charge in [0.2, 0.25) is 0 Å². The summed E-state index contributed by atoms with van der Waals surface area (Å²) in [4.78, 5) is 3.92. The lowest BCUT2D eigenvalue weighted by atomic mass is 10.3. The molecule has 0 spiro atoms. The van der Waals surface area contributed by atoms with Crippen LogP contribution in [0.5, 0.6) is 0 Å². The first-order valence-corrected chi connectivity index (χ1v) is 4.99. The van der Waals surface area contributed by atoms with E-state index >= 15 is 0 Å². The van der Waals surface area contributed by atoms with E-state index in [0.717, 1.165) is 12.1 Å². The minimum atomic E-state index is -0.962. The van der Waals surface area contributed by atoms with Gasteiger partial charge in [-0.3, -0.25) is 0 Å². The van der Waals surface area contributed by atoms with Crippen LogP contribution in [0.3, 0.4) is 0 Å². The number of nitrogens with one attached hydrogen (secondary N) is 1. The molecule has 0 fully saturated rings. The summed E-state index contributed by atoms with van der Waals surface area (Å²) in [5.74, 6) is -1.56. The van der Waals surface area contributed by atoms with Crippen molar-refractivity contribution in [3.05, 3.63) is 47.7 Å². The number of halogens is 2. The van der Waals surface area contributed by atoms with E-state index < -0.39 is 11.6 Å². The smallest absolute Gasteiger partial charge is 0.165 e. The van der Waals surface area contributed by atoms with Gasteiger partial charge in [-0.1, -0.05) is 0 Å². The Balaban J connectivity index is 2.29. The molecule has 0 aliphatic rings. The Morgan fingerprint density at radius 3 is 2.61 bits per heavy atom. The largest absolute Gasteiger partial charge is 0.396 e. The standard InChI is InChI=1S/C12H8F2N4/c13-8-2-1-7(5-9(8)14)17-12-4-3-10(16)11(6-15)18-12/h1-5H,16H2,(H,17,18). The normalized spacial score (nSPS) is 9.83. The highest BCUT2D eigenvalue weighted by Gasteiger charge is 2.05. The Morgan fingerprint density at radius 2 is 1.94 bits per heavy atom. The van der Waals surface area contributed by atoms with Crippen LogP contribution in [0.4, 0.5) is 26.0 Å². The number of nitrogens with two attached hydrogens (primary N) is 1. The summed E-state index contributed by atoms with van der Waals surface area (Å²) < 4.78 is 25.7. The topological polar surface area (TPSA) is 74.7 Å². The molecule has 0 radical (unpaired) electrons. The fourth-order valence-corrected chi connectivity index (χ4v) is 1.35. The lowest BCUT2D eigenvalue weighted by Crippen LogP contribution is -1.99. The first kappa shape index (κ1) is 11.8. The molecule has 18 heavy (non-hydrogen) atoms. The van der Waals surface area contributed by atoms with Crippen molar-refractivity contribution >= 4 is 17.2 Å². The first-order chi connectivity index (χ1) is 8.60. The minimum Gasteiger partial charge on any atom is -0.396 e. The molecule has 1 aromatic carbocycles. The highest BCUT2D eigenvalue weighted by molar-refractivity contribution is 5.60. The first-order valence-electron chi connectivity index (χ1n) is 4.99. The molecule has 1 heterocycles. The Kier molecular flexibility index (Phi) is 3.06. The van der Waals surface area contributed by atoms with Gasteiger partial charge in [0.15, 0.2) is 17.3 Å². The number of nitriles is 1. The third-order valence-electron chi connectivity index (χ3n) is 2.22. The van der Waals surface area contributed by atoms with Gasteiger partial charge in [-0.25, -0.2) is 13.8 Å². The summed E-state index contributed by atoms with van der Waals surface area (Å²) in [5.41, 5.74) is 6.17. The Hall–Kier alpha value is -2.68. The molecule has 2 aromatic rings. The van der Waals surface area contributed by atoms with Crippen molar-refractivity contribution in [2.24, 2.45) is 0 Å². The van der Waals surface area contributed by atoms with E-state index in [1.807, 2.05) is 6.07 Å². The van der Waals surface area contributed by atoms with Crippen LogP contribution in [0.15, 0.2) is 30.3 Å². The molecule has 1 aromatic heterocycles. The SMILES string of the molecule is N#Cc1nc(Nc2ccc(F)c(F)c2)ccc1N. The average molecular weight is 246 g/mol. The number of rotatable bonds is 2. The molecule has 2 rings (SSSR count). The summed E-state index contributed by atoms with van der Waals surface area (Å²) in [6.45, 7) is 0. The van der Waals surface area contributed by atoms with Crippen LogP contribution in [0.25, 0.3) is 0 Å². The second kappa shape index (κ2) is 4.67. The molecule has 0 aliphatic carbocycles. The van der Waals surface area contributed by atoms with Gasteiger partial charge in [-0.15, -0.1) is 0 Å². The van der Waals surface area contributed by atoms with Gasteiger partial charge < -0.3 is 11.1 Å². The average Bonchev–Trinajstić information content (AvgIpc) is 2.36. The Morgan fingerprint density at radius 1 is 1.17 bits per heavy atom. The Labute approximate surface area is 102 Å². The van der Waals surface area contributed by atoms with Gasteiger partial charge >= 0.3 is 0 Å². The molecule has 0 unspecified atom stereocenters. The monoisotopic (exact) mass is 246 g/mol. The van der Waals surface area contributed by atoms with E-state index in [4.69, 9.17) is 11.0 Å². The number of aromatic nitrogens is 1. The number of hydrogen-bond donors (Lipinski definition) is 2. The molecule has 90 valence electrons. The van der Waals surface area contributed by atoms with Crippen LogP contribution in [0, 0.1) is 23.0 Å². The van der Waals surface area contributed by atoms with Crippen LogP contribution in [-0.2, 0) is 0 Å². The van der Waals surface area contributed by atoms with Gasteiger partial charge in [0.1, 0.15) is 11.9 Å². The lowest BCUT2D eigenvalue weighted by Gasteiger charge is -2.06. The summed E-state index contributed by atoms with van der Waals surface area (Å²) >= 11 is 0. The van der Waals surface area contributed by atoms with Crippen LogP contribution in [0.2, 0.25) is 0 Å².